The number of benzene rings is 1. The zero-order chi connectivity index (χ0) is 13.7. The fourth-order valence-electron chi connectivity index (χ4n) is 2.93. The Bertz CT molecular complexity index is 366. The highest BCUT2D eigenvalue weighted by atomic mass is 16.3. The summed E-state index contributed by atoms with van der Waals surface area (Å²) in [6.07, 6.45) is 2.08. The zero-order valence-corrected chi connectivity index (χ0v) is 12.0. The Labute approximate surface area is 116 Å². The first-order chi connectivity index (χ1) is 9.20. The van der Waals surface area contributed by atoms with Crippen LogP contribution in [0.2, 0.25) is 0 Å². The Kier molecular flexibility index (Phi) is 5.37. The number of likely N-dealkylation sites (tertiary alicyclic amines) is 1. The van der Waals surface area contributed by atoms with Crippen molar-refractivity contribution < 1.29 is 5.11 Å². The van der Waals surface area contributed by atoms with Crippen LogP contribution >= 0.6 is 0 Å². The molecule has 1 aliphatic heterocycles. The largest absolute Gasteiger partial charge is 0.393 e. The van der Waals surface area contributed by atoms with Gasteiger partial charge in [0.2, 0.25) is 0 Å². The lowest BCUT2D eigenvalue weighted by Crippen LogP contribution is -2.28. The molecule has 2 N–H and O–H groups in total. The zero-order valence-electron chi connectivity index (χ0n) is 12.0. The maximum absolute atomic E-state index is 9.63. The lowest BCUT2D eigenvalue weighted by Gasteiger charge is -2.22. The number of hydrogen-bond acceptors (Lipinski definition) is 3. The second-order valence-electron chi connectivity index (χ2n) is 5.63. The van der Waals surface area contributed by atoms with Gasteiger partial charge in [-0.05, 0) is 51.4 Å². The molecule has 19 heavy (non-hydrogen) atoms. The summed E-state index contributed by atoms with van der Waals surface area (Å²) >= 11 is 0. The van der Waals surface area contributed by atoms with Gasteiger partial charge >= 0.3 is 0 Å². The van der Waals surface area contributed by atoms with E-state index in [9.17, 15) is 5.11 Å². The molecule has 1 aromatic carbocycles. The van der Waals surface area contributed by atoms with E-state index >= 15 is 0 Å². The van der Waals surface area contributed by atoms with Gasteiger partial charge in [0.05, 0.1) is 6.10 Å². The summed E-state index contributed by atoms with van der Waals surface area (Å²) < 4.78 is 0. The molecule has 3 atom stereocenters. The topological polar surface area (TPSA) is 35.5 Å². The standard InChI is InChI=1S/C16H26N2O/c1-13(19)15-8-10-18(12-15)11-9-16(17-2)14-6-4-3-5-7-14/h3-7,13,15-17,19H,8-12H2,1-2H3. The van der Waals surface area contributed by atoms with Crippen molar-refractivity contribution >= 4 is 0 Å². The van der Waals surface area contributed by atoms with Gasteiger partial charge in [0.1, 0.15) is 0 Å². The van der Waals surface area contributed by atoms with Gasteiger partial charge in [-0.1, -0.05) is 30.3 Å². The van der Waals surface area contributed by atoms with Gasteiger partial charge in [-0.25, -0.2) is 0 Å². The van der Waals surface area contributed by atoms with Gasteiger partial charge in [-0.2, -0.15) is 0 Å². The Hall–Kier alpha value is -0.900. The van der Waals surface area contributed by atoms with Crippen LogP contribution < -0.4 is 5.32 Å². The number of aliphatic hydroxyl groups excluding tert-OH is 1. The first-order valence-electron chi connectivity index (χ1n) is 7.33. The summed E-state index contributed by atoms with van der Waals surface area (Å²) in [5.41, 5.74) is 1.36. The van der Waals surface area contributed by atoms with Crippen LogP contribution in [-0.2, 0) is 0 Å². The molecule has 3 heteroatoms. The van der Waals surface area contributed by atoms with Gasteiger partial charge < -0.3 is 15.3 Å². The molecule has 106 valence electrons. The fourth-order valence-corrected chi connectivity index (χ4v) is 2.93. The summed E-state index contributed by atoms with van der Waals surface area (Å²) in [5, 5.41) is 13.0. The molecule has 0 spiro atoms. The molecular weight excluding hydrogens is 236 g/mol. The van der Waals surface area contributed by atoms with Crippen LogP contribution in [0.3, 0.4) is 0 Å². The minimum atomic E-state index is -0.167. The van der Waals surface area contributed by atoms with Crippen molar-refractivity contribution in [1.82, 2.24) is 10.2 Å². The average Bonchev–Trinajstić information content (AvgIpc) is 2.90. The fraction of sp³-hybridized carbons (Fsp3) is 0.625. The quantitative estimate of drug-likeness (QED) is 0.823. The number of aliphatic hydroxyl groups is 1. The molecule has 0 aromatic heterocycles. The first kappa shape index (κ1) is 14.5. The van der Waals surface area contributed by atoms with Crippen LogP contribution in [0.25, 0.3) is 0 Å². The third kappa shape index (κ3) is 4.03. The average molecular weight is 262 g/mol. The monoisotopic (exact) mass is 262 g/mol. The molecule has 1 saturated heterocycles. The maximum Gasteiger partial charge on any atom is 0.0552 e. The van der Waals surface area contributed by atoms with E-state index in [0.29, 0.717) is 12.0 Å². The molecular formula is C16H26N2O. The van der Waals surface area contributed by atoms with E-state index in [0.717, 1.165) is 32.5 Å². The van der Waals surface area contributed by atoms with E-state index < -0.39 is 0 Å². The molecule has 0 radical (unpaired) electrons. The van der Waals surface area contributed by atoms with Crippen molar-refractivity contribution in [1.29, 1.82) is 0 Å². The lowest BCUT2D eigenvalue weighted by atomic mass is 10.0. The molecule has 1 aliphatic rings. The van der Waals surface area contributed by atoms with E-state index in [1.165, 1.54) is 5.56 Å². The van der Waals surface area contributed by atoms with E-state index in [1.54, 1.807) is 0 Å². The summed E-state index contributed by atoms with van der Waals surface area (Å²) in [5.74, 6) is 0.463. The van der Waals surface area contributed by atoms with Crippen molar-refractivity contribution in [2.45, 2.75) is 31.9 Å². The summed E-state index contributed by atoms with van der Waals surface area (Å²) in [6, 6.07) is 11.0. The molecule has 2 rings (SSSR count). The van der Waals surface area contributed by atoms with Crippen molar-refractivity contribution in [2.75, 3.05) is 26.7 Å². The summed E-state index contributed by atoms with van der Waals surface area (Å²) in [4.78, 5) is 2.48. The molecule has 3 nitrogen and oxygen atoms in total. The predicted molar refractivity (Wildman–Crippen MR) is 79.1 cm³/mol. The Balaban J connectivity index is 1.81. The molecule has 0 bridgehead atoms. The van der Waals surface area contributed by atoms with Crippen molar-refractivity contribution in [2.24, 2.45) is 5.92 Å². The molecule has 0 aliphatic carbocycles. The number of rotatable bonds is 6. The Morgan fingerprint density at radius 2 is 2.11 bits per heavy atom. The van der Waals surface area contributed by atoms with Crippen molar-refractivity contribution in [3.63, 3.8) is 0 Å². The SMILES string of the molecule is CNC(CCN1CCC(C(C)O)C1)c1ccccc1. The number of nitrogens with one attached hydrogen (secondary N) is 1. The second kappa shape index (κ2) is 7.04. The van der Waals surface area contributed by atoms with Crippen LogP contribution in [0.1, 0.15) is 31.4 Å². The highest BCUT2D eigenvalue weighted by Crippen LogP contribution is 2.22. The van der Waals surface area contributed by atoms with Crippen LogP contribution in [0.5, 0.6) is 0 Å². The maximum atomic E-state index is 9.63. The highest BCUT2D eigenvalue weighted by molar-refractivity contribution is 5.18. The third-order valence-corrected chi connectivity index (χ3v) is 4.28. The lowest BCUT2D eigenvalue weighted by molar-refractivity contribution is 0.127. The normalized spacial score (nSPS) is 23.4. The van der Waals surface area contributed by atoms with Crippen LogP contribution in [0, 0.1) is 5.92 Å². The van der Waals surface area contributed by atoms with E-state index in [-0.39, 0.29) is 6.10 Å². The minimum absolute atomic E-state index is 0.167. The minimum Gasteiger partial charge on any atom is -0.393 e. The van der Waals surface area contributed by atoms with Gasteiger partial charge in [-0.3, -0.25) is 0 Å². The molecule has 0 saturated carbocycles. The third-order valence-electron chi connectivity index (χ3n) is 4.28. The molecule has 1 fully saturated rings. The van der Waals surface area contributed by atoms with E-state index in [2.05, 4.69) is 40.5 Å². The Morgan fingerprint density at radius 3 is 2.68 bits per heavy atom. The Morgan fingerprint density at radius 1 is 1.37 bits per heavy atom. The smallest absolute Gasteiger partial charge is 0.0552 e. The first-order valence-corrected chi connectivity index (χ1v) is 7.33. The van der Waals surface area contributed by atoms with Crippen molar-refractivity contribution in [3.05, 3.63) is 35.9 Å². The molecule has 1 heterocycles. The van der Waals surface area contributed by atoms with Gasteiger partial charge in [0, 0.05) is 12.6 Å². The van der Waals surface area contributed by atoms with Crippen molar-refractivity contribution in [3.8, 4) is 0 Å². The van der Waals surface area contributed by atoms with Gasteiger partial charge in [-0.15, -0.1) is 0 Å². The molecule has 0 amide bonds. The van der Waals surface area contributed by atoms with Crippen LogP contribution in [0.15, 0.2) is 30.3 Å². The van der Waals surface area contributed by atoms with E-state index in [4.69, 9.17) is 0 Å². The van der Waals surface area contributed by atoms with Crippen LogP contribution in [-0.4, -0.2) is 42.8 Å². The second-order valence-corrected chi connectivity index (χ2v) is 5.63. The molecule has 1 aromatic rings. The van der Waals surface area contributed by atoms with Gasteiger partial charge in [0.15, 0.2) is 0 Å². The predicted octanol–water partition coefficient (Wildman–Crippen LogP) is 2.04. The van der Waals surface area contributed by atoms with E-state index in [1.807, 2.05) is 14.0 Å². The number of hydrogen-bond donors (Lipinski definition) is 2. The number of nitrogens with zero attached hydrogens (tertiary/aromatic N) is 1. The summed E-state index contributed by atoms with van der Waals surface area (Å²) in [7, 11) is 2.03. The molecule has 3 unspecified atom stereocenters. The van der Waals surface area contributed by atoms with Gasteiger partial charge in [0.25, 0.3) is 0 Å². The summed E-state index contributed by atoms with van der Waals surface area (Å²) in [6.45, 7) is 5.18. The van der Waals surface area contributed by atoms with Crippen LogP contribution in [0.4, 0.5) is 0 Å². The highest BCUT2D eigenvalue weighted by Gasteiger charge is 2.26.